The second-order valence-electron chi connectivity index (χ2n) is 9.49. The quantitative estimate of drug-likeness (QED) is 0.192. The predicted molar refractivity (Wildman–Crippen MR) is 139 cm³/mol. The first-order valence-corrected chi connectivity index (χ1v) is 13.4. The lowest BCUT2D eigenvalue weighted by molar-refractivity contribution is 0.524. The molecule has 0 N–H and O–H groups in total. The molecule has 0 fully saturated rings. The van der Waals surface area contributed by atoms with Crippen molar-refractivity contribution < 1.29 is 0 Å². The van der Waals surface area contributed by atoms with Crippen LogP contribution < -0.4 is 0 Å². The van der Waals surface area contributed by atoms with Crippen molar-refractivity contribution in [1.29, 1.82) is 0 Å². The van der Waals surface area contributed by atoms with E-state index in [4.69, 9.17) is 0 Å². The van der Waals surface area contributed by atoms with Crippen LogP contribution in [0.1, 0.15) is 110 Å². The van der Waals surface area contributed by atoms with Gasteiger partial charge in [0.2, 0.25) is 0 Å². The Morgan fingerprint density at radius 3 is 1.23 bits per heavy atom. The highest BCUT2D eigenvalue weighted by Crippen LogP contribution is 2.29. The van der Waals surface area contributed by atoms with E-state index >= 15 is 0 Å². The Bertz CT molecular complexity index is 806. The van der Waals surface area contributed by atoms with Gasteiger partial charge < -0.3 is 4.57 Å². The summed E-state index contributed by atoms with van der Waals surface area (Å²) in [5, 5.41) is 2.80. The highest BCUT2D eigenvalue weighted by Gasteiger charge is 2.08. The number of para-hydroxylation sites is 2. The molecule has 2 aromatic carbocycles. The molecule has 0 bridgehead atoms. The molecule has 0 amide bonds. The van der Waals surface area contributed by atoms with Crippen LogP contribution in [0.25, 0.3) is 21.8 Å². The molecule has 170 valence electrons. The summed E-state index contributed by atoms with van der Waals surface area (Å²) in [5.41, 5.74) is 2.79. The monoisotopic (exact) mass is 419 g/mol. The molecule has 1 heterocycles. The van der Waals surface area contributed by atoms with E-state index in [0.717, 1.165) is 6.54 Å². The van der Waals surface area contributed by atoms with Crippen LogP contribution >= 0.6 is 0 Å². The van der Waals surface area contributed by atoms with E-state index in [2.05, 4.69) is 60.0 Å². The Morgan fingerprint density at radius 1 is 0.452 bits per heavy atom. The van der Waals surface area contributed by atoms with Crippen molar-refractivity contribution in [2.24, 2.45) is 0 Å². The smallest absolute Gasteiger partial charge is 0.0491 e. The third-order valence-corrected chi connectivity index (χ3v) is 6.92. The molecular weight excluding hydrogens is 374 g/mol. The molecule has 0 spiro atoms. The summed E-state index contributed by atoms with van der Waals surface area (Å²) in [5.74, 6) is 0. The van der Waals surface area contributed by atoms with Gasteiger partial charge in [-0.25, -0.2) is 0 Å². The van der Waals surface area contributed by atoms with Crippen molar-refractivity contribution in [3.63, 3.8) is 0 Å². The number of aromatic nitrogens is 1. The number of fused-ring (bicyclic) bond motifs is 3. The second kappa shape index (κ2) is 14.3. The first-order valence-electron chi connectivity index (χ1n) is 13.4. The van der Waals surface area contributed by atoms with Crippen LogP contribution in [0, 0.1) is 0 Å². The highest BCUT2D eigenvalue weighted by atomic mass is 15.0. The van der Waals surface area contributed by atoms with E-state index in [1.54, 1.807) is 0 Å². The Hall–Kier alpha value is -1.76. The van der Waals surface area contributed by atoms with E-state index in [0.29, 0.717) is 0 Å². The zero-order valence-electron chi connectivity index (χ0n) is 20.1. The number of hydrogen-bond acceptors (Lipinski definition) is 0. The summed E-state index contributed by atoms with van der Waals surface area (Å²) in [6.07, 6.45) is 22.8. The average Bonchev–Trinajstić information content (AvgIpc) is 3.13. The third-order valence-electron chi connectivity index (χ3n) is 6.92. The minimum absolute atomic E-state index is 1.15. The fraction of sp³-hybridized carbons (Fsp3) is 0.600. The van der Waals surface area contributed by atoms with Gasteiger partial charge >= 0.3 is 0 Å². The molecule has 0 radical (unpaired) electrons. The maximum atomic E-state index is 2.54. The van der Waals surface area contributed by atoms with Gasteiger partial charge in [-0.2, -0.15) is 0 Å². The van der Waals surface area contributed by atoms with Gasteiger partial charge in [-0.15, -0.1) is 0 Å². The zero-order chi connectivity index (χ0) is 21.6. The number of hydrogen-bond donors (Lipinski definition) is 0. The van der Waals surface area contributed by atoms with Crippen molar-refractivity contribution in [2.45, 2.75) is 116 Å². The molecule has 0 saturated carbocycles. The first-order chi connectivity index (χ1) is 15.4. The summed E-state index contributed by atoms with van der Waals surface area (Å²) in [6, 6.07) is 17.8. The van der Waals surface area contributed by atoms with Crippen LogP contribution in [0.5, 0.6) is 0 Å². The SMILES string of the molecule is CCCCCCCCCCCCCCCCCCn1c2ccccc2c2ccccc21. The van der Waals surface area contributed by atoms with E-state index in [9.17, 15) is 0 Å². The Kier molecular flexibility index (Phi) is 11.0. The molecular formula is C30H45N. The Labute approximate surface area is 191 Å². The van der Waals surface area contributed by atoms with Gasteiger partial charge in [-0.1, -0.05) is 140 Å². The number of unbranched alkanes of at least 4 members (excludes halogenated alkanes) is 15. The number of rotatable bonds is 17. The van der Waals surface area contributed by atoms with Crippen LogP contribution in [-0.2, 0) is 6.54 Å². The van der Waals surface area contributed by atoms with Gasteiger partial charge in [0.25, 0.3) is 0 Å². The van der Waals surface area contributed by atoms with Gasteiger partial charge in [0, 0.05) is 28.4 Å². The van der Waals surface area contributed by atoms with Crippen molar-refractivity contribution in [3.8, 4) is 0 Å². The minimum Gasteiger partial charge on any atom is -0.340 e. The molecule has 3 aromatic rings. The lowest BCUT2D eigenvalue weighted by Gasteiger charge is -2.08. The number of aryl methyl sites for hydroxylation is 1. The van der Waals surface area contributed by atoms with Gasteiger partial charge in [-0.05, 0) is 18.6 Å². The lowest BCUT2D eigenvalue weighted by Crippen LogP contribution is -1.97. The fourth-order valence-electron chi connectivity index (χ4n) is 5.06. The maximum absolute atomic E-state index is 2.54. The number of nitrogens with zero attached hydrogens (tertiary/aromatic N) is 1. The highest BCUT2D eigenvalue weighted by molar-refractivity contribution is 6.07. The van der Waals surface area contributed by atoms with Crippen LogP contribution in [0.15, 0.2) is 48.5 Å². The molecule has 1 heteroatoms. The zero-order valence-corrected chi connectivity index (χ0v) is 20.1. The molecule has 0 aliphatic carbocycles. The molecule has 0 atom stereocenters. The van der Waals surface area contributed by atoms with Crippen molar-refractivity contribution in [2.75, 3.05) is 0 Å². The largest absolute Gasteiger partial charge is 0.340 e. The van der Waals surface area contributed by atoms with Crippen molar-refractivity contribution in [3.05, 3.63) is 48.5 Å². The number of benzene rings is 2. The van der Waals surface area contributed by atoms with Crippen LogP contribution in [0.3, 0.4) is 0 Å². The first kappa shape index (κ1) is 23.9. The van der Waals surface area contributed by atoms with Crippen molar-refractivity contribution in [1.82, 2.24) is 4.57 Å². The molecule has 1 nitrogen and oxygen atoms in total. The molecule has 31 heavy (non-hydrogen) atoms. The molecule has 0 saturated heterocycles. The Morgan fingerprint density at radius 2 is 0.806 bits per heavy atom. The molecule has 3 rings (SSSR count). The van der Waals surface area contributed by atoms with E-state index in [-0.39, 0.29) is 0 Å². The summed E-state index contributed by atoms with van der Waals surface area (Å²) in [6.45, 7) is 3.44. The maximum Gasteiger partial charge on any atom is 0.0491 e. The average molecular weight is 420 g/mol. The normalized spacial score (nSPS) is 11.6. The molecule has 0 aliphatic rings. The van der Waals surface area contributed by atoms with Crippen LogP contribution in [0.2, 0.25) is 0 Å². The molecule has 0 unspecified atom stereocenters. The van der Waals surface area contributed by atoms with E-state index in [1.165, 1.54) is 125 Å². The van der Waals surface area contributed by atoms with Gasteiger partial charge in [0.1, 0.15) is 0 Å². The summed E-state index contributed by atoms with van der Waals surface area (Å²) < 4.78 is 2.54. The summed E-state index contributed by atoms with van der Waals surface area (Å²) in [4.78, 5) is 0. The summed E-state index contributed by atoms with van der Waals surface area (Å²) >= 11 is 0. The Balaban J connectivity index is 1.21. The molecule has 1 aromatic heterocycles. The van der Waals surface area contributed by atoms with Gasteiger partial charge in [0.15, 0.2) is 0 Å². The van der Waals surface area contributed by atoms with Crippen LogP contribution in [-0.4, -0.2) is 4.57 Å². The third kappa shape index (κ3) is 7.70. The lowest BCUT2D eigenvalue weighted by atomic mass is 10.0. The van der Waals surface area contributed by atoms with Gasteiger partial charge in [-0.3, -0.25) is 0 Å². The predicted octanol–water partition coefficient (Wildman–Crippen LogP) is 10.1. The summed E-state index contributed by atoms with van der Waals surface area (Å²) in [7, 11) is 0. The standard InChI is InChI=1S/C30H45N/c1-2-3-4-5-6-7-8-9-10-11-12-13-14-15-16-21-26-31-29-24-19-17-22-27(29)28-23-18-20-25-30(28)31/h17-20,22-25H,2-16,21,26H2,1H3. The van der Waals surface area contributed by atoms with E-state index < -0.39 is 0 Å². The van der Waals surface area contributed by atoms with Crippen LogP contribution in [0.4, 0.5) is 0 Å². The fourth-order valence-corrected chi connectivity index (χ4v) is 5.06. The van der Waals surface area contributed by atoms with Gasteiger partial charge in [0.05, 0.1) is 0 Å². The second-order valence-corrected chi connectivity index (χ2v) is 9.49. The van der Waals surface area contributed by atoms with E-state index in [1.807, 2.05) is 0 Å². The topological polar surface area (TPSA) is 4.93 Å². The van der Waals surface area contributed by atoms with Crippen molar-refractivity contribution >= 4 is 21.8 Å². The molecule has 0 aliphatic heterocycles. The minimum atomic E-state index is 1.15.